The highest BCUT2D eigenvalue weighted by atomic mass is 16.5. The van der Waals surface area contributed by atoms with E-state index in [1.165, 1.54) is 5.57 Å². The quantitative estimate of drug-likeness (QED) is 0.452. The van der Waals surface area contributed by atoms with Crippen molar-refractivity contribution >= 4 is 0 Å². The Balaban J connectivity index is 2.56. The van der Waals surface area contributed by atoms with E-state index in [1.54, 1.807) is 0 Å². The number of rotatable bonds is 0. The highest BCUT2D eigenvalue weighted by Gasteiger charge is 2.12. The molecule has 1 aliphatic heterocycles. The summed E-state index contributed by atoms with van der Waals surface area (Å²) >= 11 is 0. The lowest BCUT2D eigenvalue weighted by Crippen LogP contribution is -2.20. The third kappa shape index (κ3) is 1.83. The summed E-state index contributed by atoms with van der Waals surface area (Å²) in [6.45, 7) is 6.36. The number of hydrogen-bond acceptors (Lipinski definition) is 1. The van der Waals surface area contributed by atoms with Gasteiger partial charge in [-0.25, -0.2) is 0 Å². The second-order valence-electron chi connectivity index (χ2n) is 2.87. The highest BCUT2D eigenvalue weighted by molar-refractivity contribution is 5.05. The topological polar surface area (TPSA) is 9.23 Å². The van der Waals surface area contributed by atoms with Gasteiger partial charge in [-0.05, 0) is 27.2 Å². The van der Waals surface area contributed by atoms with Crippen molar-refractivity contribution in [2.75, 3.05) is 0 Å². The molecule has 1 nitrogen and oxygen atoms in total. The summed E-state index contributed by atoms with van der Waals surface area (Å²) in [6.07, 6.45) is 4.03. The lowest BCUT2D eigenvalue weighted by Gasteiger charge is -2.22. The molecule has 0 aliphatic carbocycles. The van der Waals surface area contributed by atoms with Crippen LogP contribution in [0.5, 0.6) is 0 Å². The van der Waals surface area contributed by atoms with Crippen LogP contribution in [-0.4, -0.2) is 12.2 Å². The van der Waals surface area contributed by atoms with Gasteiger partial charge in [-0.15, -0.1) is 0 Å². The molecule has 9 heavy (non-hydrogen) atoms. The van der Waals surface area contributed by atoms with Crippen molar-refractivity contribution in [3.63, 3.8) is 0 Å². The molecule has 2 atom stereocenters. The van der Waals surface area contributed by atoms with Gasteiger partial charge in [0.15, 0.2) is 0 Å². The molecule has 0 saturated carbocycles. The van der Waals surface area contributed by atoms with Crippen molar-refractivity contribution in [3.8, 4) is 0 Å². The fourth-order valence-corrected chi connectivity index (χ4v) is 1.38. The van der Waals surface area contributed by atoms with Crippen molar-refractivity contribution in [2.24, 2.45) is 0 Å². The highest BCUT2D eigenvalue weighted by Crippen LogP contribution is 2.17. The Bertz CT molecular complexity index is 127. The second kappa shape index (κ2) is 2.53. The van der Waals surface area contributed by atoms with Crippen LogP contribution in [0.4, 0.5) is 0 Å². The van der Waals surface area contributed by atoms with E-state index in [4.69, 9.17) is 4.74 Å². The van der Waals surface area contributed by atoms with Gasteiger partial charge in [0.1, 0.15) is 0 Å². The van der Waals surface area contributed by atoms with E-state index in [1.807, 2.05) is 0 Å². The summed E-state index contributed by atoms with van der Waals surface area (Å²) in [6, 6.07) is 0. The summed E-state index contributed by atoms with van der Waals surface area (Å²) in [5.41, 5.74) is 1.46. The predicted molar refractivity (Wildman–Crippen MR) is 38.4 cm³/mol. The maximum Gasteiger partial charge on any atom is 0.0733 e. The smallest absolute Gasteiger partial charge is 0.0733 e. The third-order valence-electron chi connectivity index (χ3n) is 1.58. The van der Waals surface area contributed by atoms with Gasteiger partial charge in [0.25, 0.3) is 0 Å². The van der Waals surface area contributed by atoms with Crippen molar-refractivity contribution < 1.29 is 4.74 Å². The number of hydrogen-bond donors (Lipinski definition) is 0. The minimum Gasteiger partial charge on any atom is -0.371 e. The van der Waals surface area contributed by atoms with Gasteiger partial charge in [0.05, 0.1) is 12.2 Å². The van der Waals surface area contributed by atoms with Crippen LogP contribution in [-0.2, 0) is 4.74 Å². The minimum absolute atomic E-state index is 0.328. The Morgan fingerprint density at radius 2 is 2.22 bits per heavy atom. The van der Waals surface area contributed by atoms with Crippen LogP contribution < -0.4 is 0 Å². The molecule has 0 fully saturated rings. The molecule has 0 aromatic carbocycles. The summed E-state index contributed by atoms with van der Waals surface area (Å²) in [5, 5.41) is 0. The summed E-state index contributed by atoms with van der Waals surface area (Å²) < 4.78 is 5.48. The van der Waals surface area contributed by atoms with Crippen LogP contribution in [0.3, 0.4) is 0 Å². The summed E-state index contributed by atoms with van der Waals surface area (Å²) in [7, 11) is 0. The average Bonchev–Trinajstić information content (AvgIpc) is 1.59. The Hall–Kier alpha value is -0.300. The van der Waals surface area contributed by atoms with Gasteiger partial charge in [0, 0.05) is 0 Å². The molecule has 0 bridgehead atoms. The maximum absolute atomic E-state index is 5.48. The molecule has 1 heterocycles. The number of ether oxygens (including phenoxy) is 1. The molecule has 0 saturated heterocycles. The zero-order valence-electron chi connectivity index (χ0n) is 6.35. The van der Waals surface area contributed by atoms with Gasteiger partial charge < -0.3 is 4.74 Å². The standard InChI is InChI=1S/C8H14O/c1-6-4-7(2)9-8(3)5-6/h4,7-8H,5H2,1-3H3/t7-,8-/m1/s1. The van der Waals surface area contributed by atoms with Crippen molar-refractivity contribution in [1.82, 2.24) is 0 Å². The molecule has 0 radical (unpaired) electrons. The summed E-state index contributed by atoms with van der Waals surface area (Å²) in [5.74, 6) is 0. The van der Waals surface area contributed by atoms with E-state index < -0.39 is 0 Å². The first-order valence-corrected chi connectivity index (χ1v) is 3.51. The molecule has 1 rings (SSSR count). The van der Waals surface area contributed by atoms with Crippen molar-refractivity contribution in [3.05, 3.63) is 11.6 Å². The van der Waals surface area contributed by atoms with Gasteiger partial charge in [0.2, 0.25) is 0 Å². The normalized spacial score (nSPS) is 36.1. The lowest BCUT2D eigenvalue weighted by molar-refractivity contribution is 0.0244. The van der Waals surface area contributed by atoms with E-state index in [-0.39, 0.29) is 0 Å². The molecule has 1 heteroatoms. The van der Waals surface area contributed by atoms with Crippen LogP contribution in [0.25, 0.3) is 0 Å². The molecular weight excluding hydrogens is 112 g/mol. The Morgan fingerprint density at radius 3 is 2.67 bits per heavy atom. The maximum atomic E-state index is 5.48. The van der Waals surface area contributed by atoms with Crippen molar-refractivity contribution in [1.29, 1.82) is 0 Å². The SMILES string of the molecule is CC1=C[C@@H](C)O[C@H](C)C1. The zero-order valence-corrected chi connectivity index (χ0v) is 6.35. The molecule has 0 aromatic rings. The fraction of sp³-hybridized carbons (Fsp3) is 0.750. The minimum atomic E-state index is 0.328. The van der Waals surface area contributed by atoms with E-state index in [2.05, 4.69) is 26.8 Å². The van der Waals surface area contributed by atoms with Gasteiger partial charge >= 0.3 is 0 Å². The van der Waals surface area contributed by atoms with Crippen LogP contribution in [0.2, 0.25) is 0 Å². The largest absolute Gasteiger partial charge is 0.371 e. The first-order chi connectivity index (χ1) is 4.18. The third-order valence-corrected chi connectivity index (χ3v) is 1.58. The van der Waals surface area contributed by atoms with Gasteiger partial charge in [-0.2, -0.15) is 0 Å². The van der Waals surface area contributed by atoms with E-state index in [9.17, 15) is 0 Å². The van der Waals surface area contributed by atoms with Gasteiger partial charge in [-0.3, -0.25) is 0 Å². The first kappa shape index (κ1) is 6.81. The fourth-order valence-electron chi connectivity index (χ4n) is 1.38. The lowest BCUT2D eigenvalue weighted by atomic mass is 10.1. The second-order valence-corrected chi connectivity index (χ2v) is 2.87. The van der Waals surface area contributed by atoms with Crippen LogP contribution in [0, 0.1) is 0 Å². The Labute approximate surface area is 56.7 Å². The van der Waals surface area contributed by atoms with E-state index in [0.717, 1.165) is 6.42 Å². The zero-order chi connectivity index (χ0) is 6.85. The van der Waals surface area contributed by atoms with Gasteiger partial charge in [-0.1, -0.05) is 11.6 Å². The summed E-state index contributed by atoms with van der Waals surface area (Å²) in [4.78, 5) is 0. The van der Waals surface area contributed by atoms with Crippen LogP contribution >= 0.6 is 0 Å². The molecule has 0 unspecified atom stereocenters. The molecule has 0 aromatic heterocycles. The van der Waals surface area contributed by atoms with Crippen LogP contribution in [0.15, 0.2) is 11.6 Å². The Morgan fingerprint density at radius 1 is 1.56 bits per heavy atom. The molecule has 52 valence electrons. The van der Waals surface area contributed by atoms with E-state index in [0.29, 0.717) is 12.2 Å². The van der Waals surface area contributed by atoms with Crippen LogP contribution in [0.1, 0.15) is 27.2 Å². The molecule has 1 aliphatic rings. The predicted octanol–water partition coefficient (Wildman–Crippen LogP) is 2.13. The van der Waals surface area contributed by atoms with E-state index >= 15 is 0 Å². The Kier molecular flexibility index (Phi) is 1.91. The first-order valence-electron chi connectivity index (χ1n) is 3.51. The molecule has 0 amide bonds. The molecular formula is C8H14O. The monoisotopic (exact) mass is 126 g/mol. The van der Waals surface area contributed by atoms with Crippen molar-refractivity contribution in [2.45, 2.75) is 39.4 Å². The molecule has 0 N–H and O–H groups in total. The average molecular weight is 126 g/mol. The molecule has 0 spiro atoms.